The summed E-state index contributed by atoms with van der Waals surface area (Å²) in [5, 5.41) is 0. The third-order valence-corrected chi connectivity index (χ3v) is 3.49. The number of hydrogen-bond donors (Lipinski definition) is 1. The van der Waals surface area contributed by atoms with E-state index in [9.17, 15) is 0 Å². The fraction of sp³-hybridized carbons (Fsp3) is 1.00. The van der Waals surface area contributed by atoms with Crippen LogP contribution in [0.2, 0.25) is 0 Å². The first-order valence-corrected chi connectivity index (χ1v) is 6.87. The van der Waals surface area contributed by atoms with Crippen molar-refractivity contribution in [2.24, 2.45) is 5.73 Å². The molecule has 0 amide bonds. The maximum atomic E-state index is 5.88. The van der Waals surface area contributed by atoms with Gasteiger partial charge in [-0.1, -0.05) is 19.8 Å². The topological polar surface area (TPSA) is 38.5 Å². The average Bonchev–Trinajstić information content (AvgIpc) is 2.31. The number of rotatable bonds is 7. The van der Waals surface area contributed by atoms with Crippen molar-refractivity contribution in [2.45, 2.75) is 58.1 Å². The van der Waals surface area contributed by atoms with Crippen LogP contribution < -0.4 is 5.73 Å². The minimum absolute atomic E-state index is 0.439. The highest BCUT2D eigenvalue weighted by Crippen LogP contribution is 2.18. The van der Waals surface area contributed by atoms with Crippen LogP contribution in [-0.2, 0) is 4.74 Å². The predicted octanol–water partition coefficient (Wildman–Crippen LogP) is 2.00. The van der Waals surface area contributed by atoms with Gasteiger partial charge < -0.3 is 10.5 Å². The maximum absolute atomic E-state index is 5.88. The van der Waals surface area contributed by atoms with Gasteiger partial charge in [-0.15, -0.1) is 0 Å². The van der Waals surface area contributed by atoms with Crippen LogP contribution in [0.3, 0.4) is 0 Å². The molecule has 1 aliphatic heterocycles. The van der Waals surface area contributed by atoms with Crippen molar-refractivity contribution in [3.05, 3.63) is 0 Å². The fourth-order valence-corrected chi connectivity index (χ4v) is 2.56. The maximum Gasteiger partial charge on any atom is 0.0702 e. The molecule has 96 valence electrons. The molecule has 1 rings (SSSR count). The molecule has 0 bridgehead atoms. The Kier molecular flexibility index (Phi) is 7.01. The summed E-state index contributed by atoms with van der Waals surface area (Å²) >= 11 is 0. The molecule has 0 aliphatic carbocycles. The van der Waals surface area contributed by atoms with Gasteiger partial charge in [0.05, 0.1) is 6.10 Å². The van der Waals surface area contributed by atoms with Gasteiger partial charge in [0.15, 0.2) is 0 Å². The SMILES string of the molecule is CCCCC(CN)N1CCCC(OCC)C1. The summed E-state index contributed by atoms with van der Waals surface area (Å²) in [5.41, 5.74) is 5.88. The second kappa shape index (κ2) is 8.04. The minimum Gasteiger partial charge on any atom is -0.377 e. The van der Waals surface area contributed by atoms with E-state index >= 15 is 0 Å². The van der Waals surface area contributed by atoms with Crippen LogP contribution in [0, 0.1) is 0 Å². The zero-order valence-electron chi connectivity index (χ0n) is 11.0. The first kappa shape index (κ1) is 13.9. The molecular formula is C13H28N2O. The van der Waals surface area contributed by atoms with Gasteiger partial charge in [0.2, 0.25) is 0 Å². The van der Waals surface area contributed by atoms with E-state index in [2.05, 4.69) is 18.7 Å². The van der Waals surface area contributed by atoms with Crippen molar-refractivity contribution in [3.63, 3.8) is 0 Å². The Hall–Kier alpha value is -0.120. The Bertz CT molecular complexity index is 173. The Morgan fingerprint density at radius 2 is 2.25 bits per heavy atom. The highest BCUT2D eigenvalue weighted by molar-refractivity contribution is 4.80. The molecule has 0 aromatic carbocycles. The van der Waals surface area contributed by atoms with E-state index in [0.29, 0.717) is 12.1 Å². The Morgan fingerprint density at radius 3 is 2.88 bits per heavy atom. The predicted molar refractivity (Wildman–Crippen MR) is 68.6 cm³/mol. The second-order valence-corrected chi connectivity index (χ2v) is 4.75. The summed E-state index contributed by atoms with van der Waals surface area (Å²) in [5.74, 6) is 0. The van der Waals surface area contributed by atoms with Crippen LogP contribution in [-0.4, -0.2) is 43.3 Å². The van der Waals surface area contributed by atoms with Crippen LogP contribution in [0.15, 0.2) is 0 Å². The van der Waals surface area contributed by atoms with E-state index in [1.165, 1.54) is 38.6 Å². The van der Waals surface area contributed by atoms with E-state index in [1.54, 1.807) is 0 Å². The van der Waals surface area contributed by atoms with Crippen molar-refractivity contribution >= 4 is 0 Å². The molecule has 1 saturated heterocycles. The molecule has 1 fully saturated rings. The van der Waals surface area contributed by atoms with E-state index in [0.717, 1.165) is 19.7 Å². The van der Waals surface area contributed by atoms with Crippen molar-refractivity contribution in [2.75, 3.05) is 26.2 Å². The largest absolute Gasteiger partial charge is 0.377 e. The van der Waals surface area contributed by atoms with E-state index in [-0.39, 0.29) is 0 Å². The molecule has 0 aromatic rings. The molecule has 1 heterocycles. The van der Waals surface area contributed by atoms with Crippen molar-refractivity contribution < 1.29 is 4.74 Å². The van der Waals surface area contributed by atoms with Crippen LogP contribution in [0.1, 0.15) is 46.0 Å². The van der Waals surface area contributed by atoms with Crippen LogP contribution in [0.25, 0.3) is 0 Å². The minimum atomic E-state index is 0.439. The number of hydrogen-bond acceptors (Lipinski definition) is 3. The van der Waals surface area contributed by atoms with Gasteiger partial charge in [-0.25, -0.2) is 0 Å². The Labute approximate surface area is 100 Å². The summed E-state index contributed by atoms with van der Waals surface area (Å²) in [6.07, 6.45) is 6.71. The molecule has 3 heteroatoms. The molecule has 2 atom stereocenters. The van der Waals surface area contributed by atoms with E-state index in [1.807, 2.05) is 0 Å². The Balaban J connectivity index is 2.37. The number of unbranched alkanes of at least 4 members (excludes halogenated alkanes) is 1. The summed E-state index contributed by atoms with van der Waals surface area (Å²) in [6.45, 7) is 8.23. The quantitative estimate of drug-likeness (QED) is 0.724. The second-order valence-electron chi connectivity index (χ2n) is 4.75. The number of likely N-dealkylation sites (tertiary alicyclic amines) is 1. The summed E-state index contributed by atoms with van der Waals surface area (Å²) in [7, 11) is 0. The number of nitrogens with zero attached hydrogens (tertiary/aromatic N) is 1. The summed E-state index contributed by atoms with van der Waals surface area (Å²) < 4.78 is 5.73. The molecule has 0 radical (unpaired) electrons. The molecular weight excluding hydrogens is 200 g/mol. The lowest BCUT2D eigenvalue weighted by molar-refractivity contribution is -0.00749. The standard InChI is InChI=1S/C13H28N2O/c1-3-5-7-12(10-14)15-9-6-8-13(11-15)16-4-2/h12-13H,3-11,14H2,1-2H3. The molecule has 2 unspecified atom stereocenters. The molecule has 16 heavy (non-hydrogen) atoms. The zero-order chi connectivity index (χ0) is 11.8. The lowest BCUT2D eigenvalue weighted by Gasteiger charge is -2.37. The van der Waals surface area contributed by atoms with Crippen molar-refractivity contribution in [1.29, 1.82) is 0 Å². The van der Waals surface area contributed by atoms with Crippen molar-refractivity contribution in [3.8, 4) is 0 Å². The fourth-order valence-electron chi connectivity index (χ4n) is 2.56. The highest BCUT2D eigenvalue weighted by Gasteiger charge is 2.24. The van der Waals surface area contributed by atoms with Crippen molar-refractivity contribution in [1.82, 2.24) is 4.90 Å². The van der Waals surface area contributed by atoms with Crippen LogP contribution in [0.5, 0.6) is 0 Å². The number of nitrogens with two attached hydrogens (primary N) is 1. The van der Waals surface area contributed by atoms with Crippen LogP contribution in [0.4, 0.5) is 0 Å². The molecule has 2 N–H and O–H groups in total. The first-order chi connectivity index (χ1) is 7.81. The lowest BCUT2D eigenvalue weighted by atomic mass is 10.0. The monoisotopic (exact) mass is 228 g/mol. The first-order valence-electron chi connectivity index (χ1n) is 6.87. The van der Waals surface area contributed by atoms with Gasteiger partial charge in [0.25, 0.3) is 0 Å². The molecule has 0 spiro atoms. The third-order valence-electron chi connectivity index (χ3n) is 3.49. The third kappa shape index (κ3) is 4.40. The number of ether oxygens (including phenoxy) is 1. The zero-order valence-corrected chi connectivity index (χ0v) is 11.0. The number of piperidine rings is 1. The normalized spacial score (nSPS) is 24.6. The summed E-state index contributed by atoms with van der Waals surface area (Å²) in [4.78, 5) is 2.54. The smallest absolute Gasteiger partial charge is 0.0702 e. The van der Waals surface area contributed by atoms with E-state index in [4.69, 9.17) is 10.5 Å². The van der Waals surface area contributed by atoms with Gasteiger partial charge in [-0.3, -0.25) is 4.90 Å². The molecule has 0 aromatic heterocycles. The highest BCUT2D eigenvalue weighted by atomic mass is 16.5. The van der Waals surface area contributed by atoms with Crippen LogP contribution >= 0.6 is 0 Å². The molecule has 0 saturated carbocycles. The molecule has 3 nitrogen and oxygen atoms in total. The van der Waals surface area contributed by atoms with Gasteiger partial charge in [-0.05, 0) is 32.7 Å². The summed E-state index contributed by atoms with van der Waals surface area (Å²) in [6, 6.07) is 0.572. The average molecular weight is 228 g/mol. The van der Waals surface area contributed by atoms with Gasteiger partial charge in [-0.2, -0.15) is 0 Å². The Morgan fingerprint density at radius 1 is 1.44 bits per heavy atom. The van der Waals surface area contributed by atoms with Gasteiger partial charge >= 0.3 is 0 Å². The molecule has 1 aliphatic rings. The lowest BCUT2D eigenvalue weighted by Crippen LogP contribution is -2.48. The van der Waals surface area contributed by atoms with Gasteiger partial charge in [0.1, 0.15) is 0 Å². The van der Waals surface area contributed by atoms with Gasteiger partial charge in [0, 0.05) is 25.7 Å². The van der Waals surface area contributed by atoms with E-state index < -0.39 is 0 Å².